The molecule has 1 amide bonds. The molecule has 1 rings (SSSR count). The van der Waals surface area contributed by atoms with Crippen LogP contribution in [0.5, 0.6) is 5.75 Å². The summed E-state index contributed by atoms with van der Waals surface area (Å²) < 4.78 is 10.5. The maximum absolute atomic E-state index is 11.8. The molecule has 24 heavy (non-hydrogen) atoms. The lowest BCUT2D eigenvalue weighted by Gasteiger charge is -2.25. The molecule has 1 aromatic carbocycles. The number of amides is 1. The van der Waals surface area contributed by atoms with Gasteiger partial charge in [0.2, 0.25) is 0 Å². The van der Waals surface area contributed by atoms with Crippen LogP contribution in [0, 0.1) is 0 Å². The van der Waals surface area contributed by atoms with Gasteiger partial charge >= 0.3 is 6.09 Å². The predicted octanol–water partition coefficient (Wildman–Crippen LogP) is 4.04. The van der Waals surface area contributed by atoms with E-state index in [0.717, 1.165) is 18.6 Å². The molecule has 2 unspecified atom stereocenters. The number of benzene rings is 1. The van der Waals surface area contributed by atoms with Crippen LogP contribution in [0.15, 0.2) is 24.3 Å². The number of hydrogen-bond acceptors (Lipinski definition) is 4. The molecule has 0 aliphatic rings. The van der Waals surface area contributed by atoms with Gasteiger partial charge in [0.15, 0.2) is 0 Å². The van der Waals surface area contributed by atoms with Crippen LogP contribution in [0.1, 0.15) is 59.1 Å². The Hall–Kier alpha value is -1.75. The van der Waals surface area contributed by atoms with Gasteiger partial charge in [-0.2, -0.15) is 0 Å². The average Bonchev–Trinajstić information content (AvgIpc) is 2.51. The summed E-state index contributed by atoms with van der Waals surface area (Å²) in [5.41, 5.74) is 0.711. The molecular weight excluding hydrogens is 304 g/mol. The van der Waals surface area contributed by atoms with Gasteiger partial charge in [-0.25, -0.2) is 4.79 Å². The molecule has 0 fully saturated rings. The number of rotatable bonds is 8. The van der Waals surface area contributed by atoms with Crippen molar-refractivity contribution >= 4 is 6.09 Å². The average molecular weight is 336 g/mol. The second-order valence-electron chi connectivity index (χ2n) is 7.03. The maximum Gasteiger partial charge on any atom is 0.407 e. The van der Waals surface area contributed by atoms with Gasteiger partial charge in [-0.1, -0.05) is 25.5 Å². The summed E-state index contributed by atoms with van der Waals surface area (Å²) in [4.78, 5) is 11.8. The van der Waals surface area contributed by atoms with E-state index in [2.05, 4.69) is 36.6 Å². The Labute approximate surface area is 146 Å². The minimum absolute atomic E-state index is 0.188. The van der Waals surface area contributed by atoms with Crippen LogP contribution < -0.4 is 15.4 Å². The van der Waals surface area contributed by atoms with E-state index in [1.54, 1.807) is 7.11 Å². The van der Waals surface area contributed by atoms with Crippen LogP contribution in [0.25, 0.3) is 0 Å². The van der Waals surface area contributed by atoms with Crippen LogP contribution in [0.4, 0.5) is 4.79 Å². The molecule has 0 saturated heterocycles. The van der Waals surface area contributed by atoms with Crippen molar-refractivity contribution in [2.45, 2.75) is 65.1 Å². The Morgan fingerprint density at radius 3 is 2.33 bits per heavy atom. The molecule has 0 bridgehead atoms. The minimum Gasteiger partial charge on any atom is -0.497 e. The van der Waals surface area contributed by atoms with Crippen LogP contribution in [-0.4, -0.2) is 31.4 Å². The van der Waals surface area contributed by atoms with Gasteiger partial charge in [-0.15, -0.1) is 0 Å². The molecule has 0 heterocycles. The van der Waals surface area contributed by atoms with E-state index in [1.165, 1.54) is 5.56 Å². The SMILES string of the molecule is CCCC(CNC(=O)OC(C)(C)C)NC(C)c1ccc(OC)cc1. The van der Waals surface area contributed by atoms with Crippen molar-refractivity contribution in [3.63, 3.8) is 0 Å². The first kappa shape index (κ1) is 20.3. The Kier molecular flexibility index (Phi) is 8.05. The first-order valence-corrected chi connectivity index (χ1v) is 8.62. The lowest BCUT2D eigenvalue weighted by Crippen LogP contribution is -2.43. The Bertz CT molecular complexity index is 494. The number of carbonyl (C=O) groups is 1. The van der Waals surface area contributed by atoms with Crippen LogP contribution in [0.2, 0.25) is 0 Å². The van der Waals surface area contributed by atoms with E-state index >= 15 is 0 Å². The van der Waals surface area contributed by atoms with Crippen molar-refractivity contribution in [3.8, 4) is 5.75 Å². The third-order valence-corrected chi connectivity index (χ3v) is 3.63. The number of methoxy groups -OCH3 is 1. The molecule has 0 aliphatic carbocycles. The van der Waals surface area contributed by atoms with Gasteiger partial charge in [0, 0.05) is 18.6 Å². The number of carbonyl (C=O) groups excluding carboxylic acids is 1. The zero-order valence-electron chi connectivity index (χ0n) is 15.8. The summed E-state index contributed by atoms with van der Waals surface area (Å²) in [6.45, 7) is 10.4. The van der Waals surface area contributed by atoms with Gasteiger partial charge in [0.1, 0.15) is 11.4 Å². The van der Waals surface area contributed by atoms with Crippen LogP contribution in [0.3, 0.4) is 0 Å². The van der Waals surface area contributed by atoms with Crippen molar-refractivity contribution in [3.05, 3.63) is 29.8 Å². The molecule has 0 radical (unpaired) electrons. The lowest BCUT2D eigenvalue weighted by molar-refractivity contribution is 0.0521. The fraction of sp³-hybridized carbons (Fsp3) is 0.632. The Balaban J connectivity index is 2.56. The zero-order valence-corrected chi connectivity index (χ0v) is 15.8. The van der Waals surface area contributed by atoms with Gasteiger partial charge in [0.05, 0.1) is 7.11 Å². The highest BCUT2D eigenvalue weighted by Gasteiger charge is 2.18. The van der Waals surface area contributed by atoms with Crippen LogP contribution >= 0.6 is 0 Å². The normalized spacial score (nSPS) is 13.9. The van der Waals surface area contributed by atoms with E-state index < -0.39 is 5.60 Å². The molecule has 136 valence electrons. The molecule has 5 heteroatoms. The van der Waals surface area contributed by atoms with E-state index in [-0.39, 0.29) is 18.2 Å². The van der Waals surface area contributed by atoms with Gasteiger partial charge in [-0.05, 0) is 51.8 Å². The zero-order chi connectivity index (χ0) is 18.2. The second kappa shape index (κ2) is 9.52. The maximum atomic E-state index is 11.8. The monoisotopic (exact) mass is 336 g/mol. The summed E-state index contributed by atoms with van der Waals surface area (Å²) in [6, 6.07) is 8.41. The number of ether oxygens (including phenoxy) is 2. The van der Waals surface area contributed by atoms with Crippen molar-refractivity contribution in [1.82, 2.24) is 10.6 Å². The summed E-state index contributed by atoms with van der Waals surface area (Å²) >= 11 is 0. The fourth-order valence-electron chi connectivity index (χ4n) is 2.46. The molecule has 2 atom stereocenters. The van der Waals surface area contributed by atoms with Crippen LogP contribution in [-0.2, 0) is 4.74 Å². The topological polar surface area (TPSA) is 59.6 Å². The van der Waals surface area contributed by atoms with Crippen molar-refractivity contribution < 1.29 is 14.3 Å². The summed E-state index contributed by atoms with van der Waals surface area (Å²) in [7, 11) is 1.66. The molecule has 0 saturated carbocycles. The van der Waals surface area contributed by atoms with Crippen molar-refractivity contribution in [2.75, 3.05) is 13.7 Å². The first-order valence-electron chi connectivity index (χ1n) is 8.62. The van der Waals surface area contributed by atoms with E-state index in [1.807, 2.05) is 32.9 Å². The third-order valence-electron chi connectivity index (χ3n) is 3.63. The van der Waals surface area contributed by atoms with E-state index in [0.29, 0.717) is 6.54 Å². The quantitative estimate of drug-likeness (QED) is 0.752. The lowest BCUT2D eigenvalue weighted by atomic mass is 10.1. The highest BCUT2D eigenvalue weighted by molar-refractivity contribution is 5.67. The molecule has 0 aliphatic heterocycles. The van der Waals surface area contributed by atoms with Crippen molar-refractivity contribution in [1.29, 1.82) is 0 Å². The Morgan fingerprint density at radius 1 is 1.21 bits per heavy atom. The summed E-state index contributed by atoms with van der Waals surface area (Å²) in [5.74, 6) is 0.850. The summed E-state index contributed by atoms with van der Waals surface area (Å²) in [6.07, 6.45) is 1.65. The van der Waals surface area contributed by atoms with Crippen molar-refractivity contribution in [2.24, 2.45) is 0 Å². The van der Waals surface area contributed by atoms with E-state index in [9.17, 15) is 4.79 Å². The number of nitrogens with one attached hydrogen (secondary N) is 2. The van der Waals surface area contributed by atoms with E-state index in [4.69, 9.17) is 9.47 Å². The summed E-state index contributed by atoms with van der Waals surface area (Å²) in [5, 5.41) is 6.43. The molecule has 0 spiro atoms. The van der Waals surface area contributed by atoms with Gasteiger partial charge in [0.25, 0.3) is 0 Å². The fourth-order valence-corrected chi connectivity index (χ4v) is 2.46. The largest absolute Gasteiger partial charge is 0.497 e. The second-order valence-corrected chi connectivity index (χ2v) is 7.03. The minimum atomic E-state index is -0.478. The molecule has 2 N–H and O–H groups in total. The Morgan fingerprint density at radius 2 is 1.83 bits per heavy atom. The van der Waals surface area contributed by atoms with Gasteiger partial charge < -0.3 is 20.1 Å². The smallest absolute Gasteiger partial charge is 0.407 e. The first-order chi connectivity index (χ1) is 11.2. The van der Waals surface area contributed by atoms with Gasteiger partial charge in [-0.3, -0.25) is 0 Å². The highest BCUT2D eigenvalue weighted by Crippen LogP contribution is 2.18. The number of hydrogen-bond donors (Lipinski definition) is 2. The molecular formula is C19H32N2O3. The predicted molar refractivity (Wildman–Crippen MR) is 97.5 cm³/mol. The number of alkyl carbamates (subject to hydrolysis) is 1. The third kappa shape index (κ3) is 7.68. The standard InChI is InChI=1S/C19H32N2O3/c1-7-8-16(13-20-18(22)24-19(3,4)5)21-14(2)15-9-11-17(23-6)12-10-15/h9-12,14,16,21H,7-8,13H2,1-6H3,(H,20,22). The molecule has 1 aromatic rings. The molecule has 5 nitrogen and oxygen atoms in total. The highest BCUT2D eigenvalue weighted by atomic mass is 16.6. The molecule has 0 aromatic heterocycles.